The first-order valence-corrected chi connectivity index (χ1v) is 35.4. The van der Waals surface area contributed by atoms with E-state index < -0.39 is 60.5 Å². The number of aliphatic hydroxyl groups excluding tert-OH is 6. The van der Waals surface area contributed by atoms with Crippen molar-refractivity contribution in [3.8, 4) is 34.5 Å². The molecule has 99 heavy (non-hydrogen) atoms. The van der Waals surface area contributed by atoms with Gasteiger partial charge in [-0.05, 0) is 132 Å². The molecular weight excluding hydrogens is 1330 g/mol. The summed E-state index contributed by atoms with van der Waals surface area (Å²) in [5.41, 5.74) is 1.77. The number of esters is 2. The molecule has 21 heteroatoms. The summed E-state index contributed by atoms with van der Waals surface area (Å²) in [5.74, 6) is -0.714. The zero-order valence-corrected chi connectivity index (χ0v) is 58.3. The molecule has 4 heterocycles. The molecule has 536 valence electrons. The lowest BCUT2D eigenvalue weighted by atomic mass is 9.79. The molecule has 0 bridgehead atoms. The number of ether oxygens (including phenoxy) is 7. The smallest absolute Gasteiger partial charge is 0.306 e. The third-order valence-electron chi connectivity index (χ3n) is 15.9. The van der Waals surface area contributed by atoms with Gasteiger partial charge in [-0.3, -0.25) is 19.2 Å². The number of aromatic hydroxyl groups is 1. The van der Waals surface area contributed by atoms with Crippen LogP contribution in [-0.2, 0) is 19.1 Å². The molecule has 8 rings (SSSR count). The Balaban J connectivity index is 0.000000259. The van der Waals surface area contributed by atoms with E-state index in [2.05, 4.69) is 168 Å². The number of alkyl halides is 1. The van der Waals surface area contributed by atoms with Gasteiger partial charge in [-0.15, -0.1) is 0 Å². The standard InChI is InChI=1S/C39H49NO9.C25H37BrO2.C14H13NO7/c1-2-3-4-5-6-7-8-9-10-11-12-13-14-15-16-17-18-19-20-22-32(42)46-23-21-24-47-38-33-28(26-31-37(38)49-27-48-31)29-25-30(41)35(43)36(44)34(29)40-39(33)45;1-2-3-4-5-6-7-8-9-10-11-12-13-14-15-16-17-18-19-20-22-25(27)28-24-21-23-26;16-6-1-5-4-2-7-13(22-3-21-7)11(18)8(4)14(20)15-9(5)12(19)10(6)17/h3-4,6-7,9-10,12-13,15-16,18-19,25-26,30,34-36,41,43-44H,2,5,8,11,14,17,20-24,27H2,1H3,(H,40,45);3-4,6-7,9-10,12-13,15-16,18-19H,2,5,8,11,14,17,20-24H2,1H3;1-2,6,9-10,12,16-19H,3H2,(H,15,20)/b2*4-3-,7-6-,10-9-,13-12-,16-15-,19-18-;/t30-,34+,35+,36-;;6-,9+,10+,12-/m0.0/s1. The first-order chi connectivity index (χ1) is 48.2. The van der Waals surface area contributed by atoms with Crippen LogP contribution in [0.15, 0.2) is 170 Å². The summed E-state index contributed by atoms with van der Waals surface area (Å²) in [4.78, 5) is 48.9. The molecular formula is C78H99BrN2O18. The Labute approximate surface area is 590 Å². The van der Waals surface area contributed by atoms with E-state index in [1.165, 1.54) is 18.2 Å². The van der Waals surface area contributed by atoms with Gasteiger partial charge in [0.05, 0.1) is 43.0 Å². The minimum absolute atomic E-state index is 0.0115. The minimum Gasteiger partial charge on any atom is -0.504 e. The molecule has 0 spiro atoms. The molecule has 0 saturated heterocycles. The highest BCUT2D eigenvalue weighted by Gasteiger charge is 2.46. The van der Waals surface area contributed by atoms with Gasteiger partial charge in [-0.1, -0.05) is 176 Å². The summed E-state index contributed by atoms with van der Waals surface area (Å²) in [6.07, 6.45) is 61.4. The average molecular weight is 1430 g/mol. The number of rotatable bonds is 36. The van der Waals surface area contributed by atoms with E-state index in [9.17, 15) is 54.9 Å². The quantitative estimate of drug-likeness (QED) is 0.0133. The topological polar surface area (TPSA) is 299 Å². The number of nitrogens with one attached hydrogen (secondary N) is 2. The van der Waals surface area contributed by atoms with Crippen LogP contribution >= 0.6 is 15.9 Å². The third-order valence-corrected chi connectivity index (χ3v) is 16.5. The van der Waals surface area contributed by atoms with Crippen LogP contribution in [0.1, 0.15) is 161 Å². The minimum atomic E-state index is -1.44. The van der Waals surface area contributed by atoms with Gasteiger partial charge in [0.25, 0.3) is 11.8 Å². The van der Waals surface area contributed by atoms with Crippen molar-refractivity contribution in [2.45, 2.75) is 178 Å². The molecule has 0 aromatic heterocycles. The van der Waals surface area contributed by atoms with Gasteiger partial charge in [0.2, 0.25) is 25.1 Å². The SMILES string of the molecule is CC/C=C\C/C=C\C/C=C\C/C=C\C/C=C\C/C=C\CCC(=O)OCCCBr.CC/C=C\C/C=C\C/C=C\C/C=C\C/C=C\C/C=C\CCC(=O)OCCCOc1c2c(cc3c1C(=O)N[C@@H]1C3=C[C@H](O)[C@@H](O)[C@H]1O)OCO2.O=C1N[C@@H]2C(=C[C@H](O)[C@@H](O)[C@H]2O)c2cc3c(c(O)c21)OCO3. The van der Waals surface area contributed by atoms with Crippen molar-refractivity contribution in [2.24, 2.45) is 0 Å². The van der Waals surface area contributed by atoms with E-state index in [0.29, 0.717) is 53.9 Å². The zero-order valence-electron chi connectivity index (χ0n) is 56.8. The van der Waals surface area contributed by atoms with Crippen LogP contribution in [0.25, 0.3) is 11.1 Å². The van der Waals surface area contributed by atoms with Gasteiger partial charge in [0, 0.05) is 35.7 Å². The maximum Gasteiger partial charge on any atom is 0.306 e. The van der Waals surface area contributed by atoms with Crippen molar-refractivity contribution < 1.29 is 88.1 Å². The van der Waals surface area contributed by atoms with Crippen LogP contribution in [0.2, 0.25) is 0 Å². The molecule has 0 radical (unpaired) electrons. The van der Waals surface area contributed by atoms with E-state index in [1.54, 1.807) is 6.07 Å². The number of allylic oxidation sites excluding steroid dienone is 24. The Hall–Kier alpha value is -8.28. The molecule has 2 amide bonds. The van der Waals surface area contributed by atoms with Crippen LogP contribution < -0.4 is 34.3 Å². The molecule has 0 unspecified atom stereocenters. The molecule has 9 N–H and O–H groups in total. The molecule has 0 saturated carbocycles. The maximum atomic E-state index is 13.1. The number of phenolic OH excluding ortho intramolecular Hbond substituents is 1. The van der Waals surface area contributed by atoms with E-state index in [-0.39, 0.29) is 85.0 Å². The summed E-state index contributed by atoms with van der Waals surface area (Å²) in [6, 6.07) is 1.35. The Morgan fingerprint density at radius 3 is 1.23 bits per heavy atom. The zero-order chi connectivity index (χ0) is 71.0. The number of fused-ring (bicyclic) bond motifs is 8. The molecule has 6 aliphatic rings. The first-order valence-electron chi connectivity index (χ1n) is 34.3. The number of hydrogen-bond acceptors (Lipinski definition) is 18. The summed E-state index contributed by atoms with van der Waals surface area (Å²) in [6.45, 7) is 4.95. The number of aliphatic hydroxyl groups is 6. The number of carbonyl (C=O) groups excluding carboxylic acids is 4. The van der Waals surface area contributed by atoms with Crippen LogP contribution in [0, 0.1) is 0 Å². The highest BCUT2D eigenvalue weighted by Crippen LogP contribution is 2.50. The van der Waals surface area contributed by atoms with E-state index in [0.717, 1.165) is 95.2 Å². The van der Waals surface area contributed by atoms with Crippen LogP contribution in [-0.4, -0.2) is 147 Å². The fraction of sp³-hybridized carbons (Fsp3) is 0.436. The monoisotopic (exact) mass is 1430 g/mol. The Morgan fingerprint density at radius 1 is 0.475 bits per heavy atom. The molecule has 0 fully saturated rings. The molecule has 4 aliphatic heterocycles. The molecule has 2 aromatic rings. The van der Waals surface area contributed by atoms with Crippen LogP contribution in [0.3, 0.4) is 0 Å². The normalized spacial score (nSPS) is 21.5. The van der Waals surface area contributed by atoms with Gasteiger partial charge in [-0.25, -0.2) is 0 Å². The molecule has 8 atom stereocenters. The van der Waals surface area contributed by atoms with Crippen molar-refractivity contribution >= 4 is 50.8 Å². The predicted octanol–water partition coefficient (Wildman–Crippen LogP) is 12.3. The maximum absolute atomic E-state index is 13.1. The Bertz CT molecular complexity index is 3370. The first kappa shape index (κ1) is 79.7. The third kappa shape index (κ3) is 26.1. The second-order valence-electron chi connectivity index (χ2n) is 23.4. The number of amides is 2. The lowest BCUT2D eigenvalue weighted by Gasteiger charge is -2.39. The number of carbonyl (C=O) groups is 4. The number of halogens is 1. The summed E-state index contributed by atoms with van der Waals surface area (Å²) < 4.78 is 37.9. The fourth-order valence-corrected chi connectivity index (χ4v) is 11.0. The van der Waals surface area contributed by atoms with Gasteiger partial charge in [-0.2, -0.15) is 0 Å². The van der Waals surface area contributed by atoms with Gasteiger partial charge >= 0.3 is 11.9 Å². The Kier molecular flexibility index (Phi) is 36.6. The van der Waals surface area contributed by atoms with Crippen molar-refractivity contribution in [3.05, 3.63) is 192 Å². The molecule has 2 aliphatic carbocycles. The van der Waals surface area contributed by atoms with Crippen LogP contribution in [0.4, 0.5) is 0 Å². The number of phenols is 1. The summed E-state index contributed by atoms with van der Waals surface area (Å²) >= 11 is 3.31. The van der Waals surface area contributed by atoms with E-state index in [1.807, 2.05) is 18.2 Å². The summed E-state index contributed by atoms with van der Waals surface area (Å²) in [5, 5.41) is 76.7. The highest BCUT2D eigenvalue weighted by atomic mass is 79.9. The Morgan fingerprint density at radius 2 is 0.828 bits per heavy atom. The van der Waals surface area contributed by atoms with Gasteiger partial charge < -0.3 is 79.5 Å². The predicted molar refractivity (Wildman–Crippen MR) is 387 cm³/mol. The van der Waals surface area contributed by atoms with Crippen molar-refractivity contribution in [3.63, 3.8) is 0 Å². The van der Waals surface area contributed by atoms with Gasteiger partial charge in [0.15, 0.2) is 23.0 Å². The molecule has 20 nitrogen and oxygen atoms in total. The number of benzene rings is 2. The fourth-order valence-electron chi connectivity index (χ4n) is 10.8. The largest absolute Gasteiger partial charge is 0.504 e. The van der Waals surface area contributed by atoms with Gasteiger partial charge in [0.1, 0.15) is 36.6 Å². The van der Waals surface area contributed by atoms with Crippen molar-refractivity contribution in [1.29, 1.82) is 0 Å². The average Bonchev–Trinajstić information content (AvgIpc) is 1.68. The van der Waals surface area contributed by atoms with E-state index in [4.69, 9.17) is 33.2 Å². The van der Waals surface area contributed by atoms with Crippen molar-refractivity contribution in [1.82, 2.24) is 10.6 Å². The highest BCUT2D eigenvalue weighted by molar-refractivity contribution is 9.09. The van der Waals surface area contributed by atoms with E-state index >= 15 is 0 Å². The lowest BCUT2D eigenvalue weighted by Crippen LogP contribution is -2.57. The number of hydrogen-bond donors (Lipinski definition) is 9. The lowest BCUT2D eigenvalue weighted by molar-refractivity contribution is -0.144. The summed E-state index contributed by atoms with van der Waals surface area (Å²) in [7, 11) is 0. The second-order valence-corrected chi connectivity index (χ2v) is 24.2. The van der Waals surface area contributed by atoms with Crippen LogP contribution in [0.5, 0.6) is 34.5 Å². The molecule has 2 aromatic carbocycles. The van der Waals surface area contributed by atoms with Crippen molar-refractivity contribution in [2.75, 3.05) is 38.7 Å². The second kappa shape index (κ2) is 45.4.